The lowest BCUT2D eigenvalue weighted by molar-refractivity contribution is -0.149. The predicted molar refractivity (Wildman–Crippen MR) is 104 cm³/mol. The Hall–Kier alpha value is -1.69. The van der Waals surface area contributed by atoms with E-state index in [1.165, 1.54) is 4.90 Å². The number of rotatable bonds is 6. The Balaban J connectivity index is 1.76. The maximum absolute atomic E-state index is 11.8. The molecule has 1 unspecified atom stereocenters. The molecular weight excluding hydrogens is 334 g/mol. The maximum atomic E-state index is 11.8. The van der Waals surface area contributed by atoms with Crippen molar-refractivity contribution in [2.45, 2.75) is 36.8 Å². The lowest BCUT2D eigenvalue weighted by atomic mass is 9.97. The first-order chi connectivity index (χ1) is 12.1. The van der Waals surface area contributed by atoms with Crippen molar-refractivity contribution in [3.63, 3.8) is 0 Å². The van der Waals surface area contributed by atoms with Gasteiger partial charge in [-0.1, -0.05) is 25.1 Å². The molecule has 0 radical (unpaired) electrons. The van der Waals surface area contributed by atoms with Crippen molar-refractivity contribution >= 4 is 23.7 Å². The summed E-state index contributed by atoms with van der Waals surface area (Å²) in [5, 5.41) is 3.91. The van der Waals surface area contributed by atoms with Gasteiger partial charge in [-0.25, -0.2) is 0 Å². The highest BCUT2D eigenvalue weighted by Crippen LogP contribution is 2.22. The first kappa shape index (κ1) is 19.6. The molecule has 25 heavy (non-hydrogen) atoms. The molecule has 1 atom stereocenters. The van der Waals surface area contributed by atoms with Crippen molar-refractivity contribution in [2.24, 2.45) is 10.9 Å². The Morgan fingerprint density at radius 2 is 2.04 bits per heavy atom. The van der Waals surface area contributed by atoms with E-state index in [1.54, 1.807) is 0 Å². The highest BCUT2D eigenvalue weighted by molar-refractivity contribution is 8.00. The van der Waals surface area contributed by atoms with Crippen molar-refractivity contribution in [3.05, 3.63) is 30.3 Å². The van der Waals surface area contributed by atoms with Crippen LogP contribution in [0.1, 0.15) is 26.7 Å². The van der Waals surface area contributed by atoms with Crippen LogP contribution in [0.15, 0.2) is 40.2 Å². The summed E-state index contributed by atoms with van der Waals surface area (Å²) in [7, 11) is 1.81. The van der Waals surface area contributed by atoms with Gasteiger partial charge >= 0.3 is 5.97 Å². The number of nitrogens with one attached hydrogen (secondary N) is 1. The van der Waals surface area contributed by atoms with Gasteiger partial charge in [-0.2, -0.15) is 0 Å². The van der Waals surface area contributed by atoms with E-state index < -0.39 is 0 Å². The SMILES string of the molecule is CCOC(=O)C1CCN(C(=NC)NCC(C)Sc2ccccc2)CC1. The van der Waals surface area contributed by atoms with E-state index in [0.717, 1.165) is 38.4 Å². The number of piperidine rings is 1. The fourth-order valence-electron chi connectivity index (χ4n) is 2.93. The number of hydrogen-bond acceptors (Lipinski definition) is 4. The molecule has 1 N–H and O–H groups in total. The lowest BCUT2D eigenvalue weighted by Crippen LogP contribution is -2.47. The number of guanidine groups is 1. The summed E-state index contributed by atoms with van der Waals surface area (Å²) in [6, 6.07) is 10.4. The molecule has 0 spiro atoms. The van der Waals surface area contributed by atoms with Gasteiger partial charge < -0.3 is 15.0 Å². The Bertz CT molecular complexity index is 557. The average Bonchev–Trinajstić information content (AvgIpc) is 2.64. The van der Waals surface area contributed by atoms with Crippen LogP contribution in [0.4, 0.5) is 0 Å². The maximum Gasteiger partial charge on any atom is 0.309 e. The van der Waals surface area contributed by atoms with E-state index in [-0.39, 0.29) is 11.9 Å². The third-order valence-electron chi connectivity index (χ3n) is 4.25. The molecule has 0 amide bonds. The number of thioether (sulfide) groups is 1. The fraction of sp³-hybridized carbons (Fsp3) is 0.579. The molecular formula is C19H29N3O2S. The highest BCUT2D eigenvalue weighted by Gasteiger charge is 2.27. The minimum atomic E-state index is -0.0574. The topological polar surface area (TPSA) is 53.9 Å². The number of aliphatic imine (C=N–C) groups is 1. The molecule has 138 valence electrons. The molecule has 1 aliphatic rings. The standard InChI is InChI=1S/C19H29N3O2S/c1-4-24-18(23)16-10-12-22(13-11-16)19(20-3)21-14-15(2)25-17-8-6-5-7-9-17/h5-9,15-16H,4,10-14H2,1-3H3,(H,20,21). The molecule has 1 aliphatic heterocycles. The Kier molecular flexibility index (Phi) is 8.12. The second-order valence-corrected chi connectivity index (χ2v) is 7.69. The van der Waals surface area contributed by atoms with Crippen LogP contribution in [0, 0.1) is 5.92 Å². The number of hydrogen-bond donors (Lipinski definition) is 1. The summed E-state index contributed by atoms with van der Waals surface area (Å²) >= 11 is 1.86. The van der Waals surface area contributed by atoms with E-state index in [1.807, 2.05) is 31.8 Å². The Morgan fingerprint density at radius 3 is 2.64 bits per heavy atom. The second-order valence-electron chi connectivity index (χ2n) is 6.18. The largest absolute Gasteiger partial charge is 0.466 e. The zero-order valence-electron chi connectivity index (χ0n) is 15.4. The minimum Gasteiger partial charge on any atom is -0.466 e. The normalized spacial score (nSPS) is 17.2. The zero-order valence-corrected chi connectivity index (χ0v) is 16.2. The van der Waals surface area contributed by atoms with Gasteiger partial charge in [0.15, 0.2) is 5.96 Å². The molecule has 0 aromatic heterocycles. The summed E-state index contributed by atoms with van der Waals surface area (Å²) in [5.41, 5.74) is 0. The van der Waals surface area contributed by atoms with Crippen LogP contribution < -0.4 is 5.32 Å². The van der Waals surface area contributed by atoms with Gasteiger partial charge in [0, 0.05) is 36.8 Å². The van der Waals surface area contributed by atoms with Crippen LogP contribution in [-0.4, -0.2) is 55.4 Å². The summed E-state index contributed by atoms with van der Waals surface area (Å²) in [6.45, 7) is 7.05. The van der Waals surface area contributed by atoms with Crippen molar-refractivity contribution < 1.29 is 9.53 Å². The number of ether oxygens (including phenoxy) is 1. The van der Waals surface area contributed by atoms with Gasteiger partial charge in [-0.15, -0.1) is 11.8 Å². The first-order valence-corrected chi connectivity index (χ1v) is 9.86. The van der Waals surface area contributed by atoms with Gasteiger partial charge in [0.1, 0.15) is 0 Å². The third kappa shape index (κ3) is 6.27. The van der Waals surface area contributed by atoms with Crippen molar-refractivity contribution in [2.75, 3.05) is 33.3 Å². The van der Waals surface area contributed by atoms with Crippen LogP contribution >= 0.6 is 11.8 Å². The molecule has 5 nitrogen and oxygen atoms in total. The van der Waals surface area contributed by atoms with Gasteiger partial charge in [0.2, 0.25) is 0 Å². The molecule has 0 aliphatic carbocycles. The molecule has 2 rings (SSSR count). The van der Waals surface area contributed by atoms with Crippen LogP contribution in [0.2, 0.25) is 0 Å². The summed E-state index contributed by atoms with van der Waals surface area (Å²) in [6.07, 6.45) is 1.65. The Morgan fingerprint density at radius 1 is 1.36 bits per heavy atom. The van der Waals surface area contributed by atoms with E-state index >= 15 is 0 Å². The number of carbonyl (C=O) groups excluding carboxylic acids is 1. The minimum absolute atomic E-state index is 0.0295. The predicted octanol–water partition coefficient (Wildman–Crippen LogP) is 3.02. The third-order valence-corrected chi connectivity index (χ3v) is 5.37. The summed E-state index contributed by atoms with van der Waals surface area (Å²) in [4.78, 5) is 19.8. The van der Waals surface area contributed by atoms with Gasteiger partial charge in [-0.05, 0) is 31.9 Å². The molecule has 1 saturated heterocycles. The van der Waals surface area contributed by atoms with E-state index in [9.17, 15) is 4.79 Å². The number of carbonyl (C=O) groups is 1. The van der Waals surface area contributed by atoms with Gasteiger partial charge in [0.05, 0.1) is 12.5 Å². The smallest absolute Gasteiger partial charge is 0.309 e. The number of nitrogens with zero attached hydrogens (tertiary/aromatic N) is 2. The van der Waals surface area contributed by atoms with Gasteiger partial charge in [-0.3, -0.25) is 9.79 Å². The van der Waals surface area contributed by atoms with Crippen molar-refractivity contribution in [3.8, 4) is 0 Å². The van der Waals surface area contributed by atoms with Crippen molar-refractivity contribution in [1.82, 2.24) is 10.2 Å². The monoisotopic (exact) mass is 363 g/mol. The summed E-state index contributed by atoms with van der Waals surface area (Å²) in [5.74, 6) is 0.891. The van der Waals surface area contributed by atoms with Crippen LogP contribution in [0.5, 0.6) is 0 Å². The van der Waals surface area contributed by atoms with Crippen molar-refractivity contribution in [1.29, 1.82) is 0 Å². The fourth-order valence-corrected chi connectivity index (χ4v) is 3.87. The summed E-state index contributed by atoms with van der Waals surface area (Å²) < 4.78 is 5.13. The number of benzene rings is 1. The molecule has 1 heterocycles. The van der Waals surface area contributed by atoms with Crippen LogP contribution in [-0.2, 0) is 9.53 Å². The van der Waals surface area contributed by atoms with Crippen LogP contribution in [0.3, 0.4) is 0 Å². The van der Waals surface area contributed by atoms with Gasteiger partial charge in [0.25, 0.3) is 0 Å². The molecule has 1 aromatic rings. The highest BCUT2D eigenvalue weighted by atomic mass is 32.2. The van der Waals surface area contributed by atoms with E-state index in [4.69, 9.17) is 4.74 Å². The average molecular weight is 364 g/mol. The molecule has 0 bridgehead atoms. The quantitative estimate of drug-likeness (QED) is 0.364. The first-order valence-electron chi connectivity index (χ1n) is 8.98. The number of esters is 1. The zero-order chi connectivity index (χ0) is 18.1. The number of likely N-dealkylation sites (tertiary alicyclic amines) is 1. The molecule has 1 aromatic carbocycles. The molecule has 1 fully saturated rings. The van der Waals surface area contributed by atoms with E-state index in [2.05, 4.69) is 46.4 Å². The van der Waals surface area contributed by atoms with Crippen LogP contribution in [0.25, 0.3) is 0 Å². The van der Waals surface area contributed by atoms with E-state index in [0.29, 0.717) is 11.9 Å². The molecule has 0 saturated carbocycles. The molecule has 6 heteroatoms. The Labute approximate surface area is 155 Å². The second kappa shape index (κ2) is 10.3. The lowest BCUT2D eigenvalue weighted by Gasteiger charge is -2.33.